The van der Waals surface area contributed by atoms with Crippen LogP contribution in [0.4, 0.5) is 0 Å². The second-order valence-corrected chi connectivity index (χ2v) is 6.04. The van der Waals surface area contributed by atoms with Crippen molar-refractivity contribution in [1.29, 1.82) is 0 Å². The summed E-state index contributed by atoms with van der Waals surface area (Å²) < 4.78 is 0. The maximum Gasteiger partial charge on any atom is 0.267 e. The lowest BCUT2D eigenvalue weighted by molar-refractivity contribution is -0.124. The molecular weight excluding hydrogens is 296 g/mol. The van der Waals surface area contributed by atoms with Crippen LogP contribution in [0.1, 0.15) is 31.9 Å². The van der Waals surface area contributed by atoms with E-state index in [0.29, 0.717) is 0 Å². The number of carbonyl (C=O) groups is 1. The molecule has 5 heteroatoms. The van der Waals surface area contributed by atoms with Crippen molar-refractivity contribution < 1.29 is 10.0 Å². The van der Waals surface area contributed by atoms with Crippen molar-refractivity contribution in [2.24, 2.45) is 0 Å². The van der Waals surface area contributed by atoms with E-state index in [4.69, 9.17) is 5.21 Å². The Morgan fingerprint density at radius 1 is 1.32 bits per heavy atom. The third-order valence-electron chi connectivity index (χ3n) is 3.56. The van der Waals surface area contributed by atoms with Gasteiger partial charge in [0.1, 0.15) is 0 Å². The number of nitrogens with zero attached hydrogens (tertiary/aromatic N) is 1. The highest BCUT2D eigenvalue weighted by molar-refractivity contribution is 7.99. The molecule has 0 aliphatic heterocycles. The number of thioether (sulfide) groups is 1. The summed E-state index contributed by atoms with van der Waals surface area (Å²) in [6, 6.07) is 6.21. The Morgan fingerprint density at radius 2 is 2.05 bits per heavy atom. The van der Waals surface area contributed by atoms with Gasteiger partial charge in [0.15, 0.2) is 0 Å². The highest BCUT2D eigenvalue weighted by Gasteiger charge is 2.04. The van der Waals surface area contributed by atoms with Crippen molar-refractivity contribution in [3.05, 3.63) is 35.4 Å². The molecule has 22 heavy (non-hydrogen) atoms. The van der Waals surface area contributed by atoms with E-state index < -0.39 is 5.91 Å². The van der Waals surface area contributed by atoms with Crippen LogP contribution in [0.3, 0.4) is 0 Å². The fraction of sp³-hybridized carbons (Fsp3) is 0.471. The summed E-state index contributed by atoms with van der Waals surface area (Å²) in [6.07, 6.45) is 3.98. The van der Waals surface area contributed by atoms with Crippen LogP contribution < -0.4 is 5.48 Å². The zero-order valence-electron chi connectivity index (χ0n) is 13.6. The molecule has 0 radical (unpaired) electrons. The molecule has 0 bridgehead atoms. The van der Waals surface area contributed by atoms with Gasteiger partial charge in [-0.3, -0.25) is 10.0 Å². The molecule has 0 saturated carbocycles. The fourth-order valence-corrected chi connectivity index (χ4v) is 3.28. The van der Waals surface area contributed by atoms with Crippen LogP contribution >= 0.6 is 11.8 Å². The average molecular weight is 322 g/mol. The molecule has 122 valence electrons. The van der Waals surface area contributed by atoms with Gasteiger partial charge in [-0.05, 0) is 42.8 Å². The zero-order chi connectivity index (χ0) is 16.4. The largest absolute Gasteiger partial charge is 0.303 e. The molecule has 0 atom stereocenters. The standard InChI is InChI=1S/C17H26N2O2S/c1-4-15-13-14(8-10-17(20)18-21)7-9-16(15)22-12-11-19(5-2)6-3/h7-10,13,21H,4-6,11-12H2,1-3H3,(H,18,20)/b10-8+. The van der Waals surface area contributed by atoms with Gasteiger partial charge in [0.05, 0.1) is 0 Å². The number of benzene rings is 1. The molecule has 1 rings (SSSR count). The molecule has 1 aromatic carbocycles. The molecule has 0 spiro atoms. The average Bonchev–Trinajstić information content (AvgIpc) is 2.57. The quantitative estimate of drug-likeness (QED) is 0.317. The van der Waals surface area contributed by atoms with E-state index in [2.05, 4.69) is 37.8 Å². The molecule has 1 aromatic rings. The van der Waals surface area contributed by atoms with Crippen LogP contribution in [0.2, 0.25) is 0 Å². The SMILES string of the molecule is CCc1cc(/C=C/C(=O)NO)ccc1SCCN(CC)CC. The number of hydrogen-bond acceptors (Lipinski definition) is 4. The Morgan fingerprint density at radius 3 is 2.64 bits per heavy atom. The second-order valence-electron chi connectivity index (χ2n) is 4.91. The number of amides is 1. The normalized spacial score (nSPS) is 11.3. The molecule has 4 nitrogen and oxygen atoms in total. The van der Waals surface area contributed by atoms with E-state index in [1.807, 2.05) is 17.8 Å². The summed E-state index contributed by atoms with van der Waals surface area (Å²) in [6.45, 7) is 9.80. The number of aryl methyl sites for hydroxylation is 1. The molecule has 0 saturated heterocycles. The van der Waals surface area contributed by atoms with E-state index >= 15 is 0 Å². The van der Waals surface area contributed by atoms with E-state index in [9.17, 15) is 4.79 Å². The van der Waals surface area contributed by atoms with Crippen molar-refractivity contribution in [3.63, 3.8) is 0 Å². The van der Waals surface area contributed by atoms with E-state index in [1.54, 1.807) is 11.6 Å². The Balaban J connectivity index is 2.68. The zero-order valence-corrected chi connectivity index (χ0v) is 14.4. The molecule has 2 N–H and O–H groups in total. The molecule has 0 aromatic heterocycles. The minimum absolute atomic E-state index is 0.518. The van der Waals surface area contributed by atoms with E-state index in [1.165, 1.54) is 16.5 Å². The van der Waals surface area contributed by atoms with Crippen molar-refractivity contribution in [2.45, 2.75) is 32.1 Å². The van der Waals surface area contributed by atoms with E-state index in [0.717, 1.165) is 37.4 Å². The maximum atomic E-state index is 11.0. The molecule has 0 unspecified atom stereocenters. The first-order valence-corrected chi connectivity index (χ1v) is 8.73. The smallest absolute Gasteiger partial charge is 0.267 e. The summed E-state index contributed by atoms with van der Waals surface area (Å²) in [5.74, 6) is 0.562. The van der Waals surface area contributed by atoms with Crippen LogP contribution in [0.25, 0.3) is 6.08 Å². The van der Waals surface area contributed by atoms with Gasteiger partial charge in [-0.25, -0.2) is 5.48 Å². The molecule has 0 aliphatic carbocycles. The van der Waals surface area contributed by atoms with Gasteiger partial charge in [0.25, 0.3) is 5.91 Å². The van der Waals surface area contributed by atoms with Gasteiger partial charge in [-0.15, -0.1) is 11.8 Å². The second kappa shape index (κ2) is 10.4. The Labute approximate surface area is 137 Å². The van der Waals surface area contributed by atoms with Gasteiger partial charge < -0.3 is 4.90 Å². The summed E-state index contributed by atoms with van der Waals surface area (Å²) in [5, 5.41) is 8.48. The lowest BCUT2D eigenvalue weighted by Gasteiger charge is -2.18. The van der Waals surface area contributed by atoms with Crippen molar-refractivity contribution in [1.82, 2.24) is 10.4 Å². The number of nitrogens with one attached hydrogen (secondary N) is 1. The minimum atomic E-state index is -0.518. The highest BCUT2D eigenvalue weighted by atomic mass is 32.2. The highest BCUT2D eigenvalue weighted by Crippen LogP contribution is 2.25. The van der Waals surface area contributed by atoms with Crippen LogP contribution in [-0.4, -0.2) is 41.4 Å². The van der Waals surface area contributed by atoms with Crippen LogP contribution in [-0.2, 0) is 11.2 Å². The number of rotatable bonds is 9. The van der Waals surface area contributed by atoms with Crippen LogP contribution in [0, 0.1) is 0 Å². The van der Waals surface area contributed by atoms with Crippen molar-refractivity contribution in [3.8, 4) is 0 Å². The molecule has 0 fully saturated rings. The summed E-state index contributed by atoms with van der Waals surface area (Å²) in [7, 11) is 0. The third kappa shape index (κ3) is 6.22. The predicted molar refractivity (Wildman–Crippen MR) is 93.3 cm³/mol. The monoisotopic (exact) mass is 322 g/mol. The first kappa shape index (κ1) is 18.7. The van der Waals surface area contributed by atoms with Gasteiger partial charge in [0.2, 0.25) is 0 Å². The van der Waals surface area contributed by atoms with Gasteiger partial charge >= 0.3 is 0 Å². The Hall–Kier alpha value is -1.30. The lowest BCUT2D eigenvalue weighted by Crippen LogP contribution is -2.25. The van der Waals surface area contributed by atoms with E-state index in [-0.39, 0.29) is 0 Å². The summed E-state index contributed by atoms with van der Waals surface area (Å²) >= 11 is 1.88. The summed E-state index contributed by atoms with van der Waals surface area (Å²) in [4.78, 5) is 14.7. The van der Waals surface area contributed by atoms with Crippen molar-refractivity contribution >= 4 is 23.7 Å². The topological polar surface area (TPSA) is 52.6 Å². The van der Waals surface area contributed by atoms with Crippen LogP contribution in [0.5, 0.6) is 0 Å². The van der Waals surface area contributed by atoms with Gasteiger partial charge in [0, 0.05) is 23.3 Å². The first-order valence-electron chi connectivity index (χ1n) is 7.74. The van der Waals surface area contributed by atoms with Crippen molar-refractivity contribution in [2.75, 3.05) is 25.4 Å². The van der Waals surface area contributed by atoms with Gasteiger partial charge in [-0.2, -0.15) is 0 Å². The first-order chi connectivity index (χ1) is 10.6. The molecule has 0 heterocycles. The Kier molecular flexibility index (Phi) is 8.89. The minimum Gasteiger partial charge on any atom is -0.303 e. The van der Waals surface area contributed by atoms with Gasteiger partial charge in [-0.1, -0.05) is 32.9 Å². The number of hydrogen-bond donors (Lipinski definition) is 2. The third-order valence-corrected chi connectivity index (χ3v) is 4.66. The lowest BCUT2D eigenvalue weighted by atomic mass is 10.1. The number of hydroxylamine groups is 1. The molecular formula is C17H26N2O2S. The fourth-order valence-electron chi connectivity index (χ4n) is 2.15. The summed E-state index contributed by atoms with van der Waals surface area (Å²) in [5.41, 5.74) is 3.84. The molecule has 1 amide bonds. The maximum absolute atomic E-state index is 11.0. The van der Waals surface area contributed by atoms with Crippen LogP contribution in [0.15, 0.2) is 29.2 Å². The number of carbonyl (C=O) groups excluding carboxylic acids is 1. The Bertz CT molecular complexity index is 499. The molecule has 0 aliphatic rings. The predicted octanol–water partition coefficient (Wildman–Crippen LogP) is 3.20.